The molecular formula is C14H22N2O4. The maximum Gasteiger partial charge on any atom is 0.320 e. The van der Waals surface area contributed by atoms with Gasteiger partial charge in [0.25, 0.3) is 0 Å². The van der Waals surface area contributed by atoms with E-state index in [0.29, 0.717) is 6.42 Å². The van der Waals surface area contributed by atoms with Gasteiger partial charge in [-0.25, -0.2) is 0 Å². The molecule has 0 aromatic heterocycles. The zero-order valence-electron chi connectivity index (χ0n) is 11.7. The van der Waals surface area contributed by atoms with E-state index in [0.717, 1.165) is 5.56 Å². The van der Waals surface area contributed by atoms with Crippen LogP contribution in [0.3, 0.4) is 0 Å². The van der Waals surface area contributed by atoms with Gasteiger partial charge in [-0.3, -0.25) is 9.59 Å². The zero-order chi connectivity index (χ0) is 15.7. The van der Waals surface area contributed by atoms with Crippen LogP contribution in [0.2, 0.25) is 0 Å². The molecule has 1 rings (SSSR count). The Hall–Kier alpha value is -1.92. The Labute approximate surface area is 118 Å². The van der Waals surface area contributed by atoms with Crippen LogP contribution < -0.4 is 11.5 Å². The lowest BCUT2D eigenvalue weighted by molar-refractivity contribution is -0.140. The minimum atomic E-state index is -0.959. The summed E-state index contributed by atoms with van der Waals surface area (Å²) in [6.45, 7) is 3.55. The van der Waals surface area contributed by atoms with Crippen molar-refractivity contribution in [3.05, 3.63) is 35.9 Å². The van der Waals surface area contributed by atoms with Gasteiger partial charge in [-0.1, -0.05) is 44.2 Å². The molecule has 0 saturated carbocycles. The molecule has 1 unspecified atom stereocenters. The van der Waals surface area contributed by atoms with E-state index in [9.17, 15) is 9.59 Å². The van der Waals surface area contributed by atoms with Crippen molar-refractivity contribution in [3.63, 3.8) is 0 Å². The van der Waals surface area contributed by atoms with Crippen LogP contribution in [0.25, 0.3) is 0 Å². The summed E-state index contributed by atoms with van der Waals surface area (Å²) in [6, 6.07) is 7.83. The minimum Gasteiger partial charge on any atom is -0.480 e. The molecule has 0 aliphatic carbocycles. The fraction of sp³-hybridized carbons (Fsp3) is 0.429. The van der Waals surface area contributed by atoms with Gasteiger partial charge in [-0.05, 0) is 17.9 Å². The van der Waals surface area contributed by atoms with E-state index < -0.39 is 24.0 Å². The molecule has 6 heteroatoms. The van der Waals surface area contributed by atoms with Crippen LogP contribution in [-0.4, -0.2) is 34.2 Å². The first kappa shape index (κ1) is 18.1. The second kappa shape index (κ2) is 9.06. The normalized spacial score (nSPS) is 13.1. The Kier molecular flexibility index (Phi) is 8.19. The Morgan fingerprint density at radius 3 is 1.85 bits per heavy atom. The Morgan fingerprint density at radius 2 is 1.55 bits per heavy atom. The third kappa shape index (κ3) is 7.50. The second-order valence-corrected chi connectivity index (χ2v) is 4.74. The van der Waals surface area contributed by atoms with E-state index >= 15 is 0 Å². The molecule has 1 aromatic rings. The summed E-state index contributed by atoms with van der Waals surface area (Å²) < 4.78 is 0. The maximum atomic E-state index is 10.4. The quantitative estimate of drug-likeness (QED) is 0.629. The molecule has 0 fully saturated rings. The smallest absolute Gasteiger partial charge is 0.320 e. The Morgan fingerprint density at radius 1 is 1.05 bits per heavy atom. The number of hydrogen-bond acceptors (Lipinski definition) is 4. The molecule has 112 valence electrons. The van der Waals surface area contributed by atoms with Crippen molar-refractivity contribution in [2.45, 2.75) is 32.4 Å². The number of carboxylic acids is 2. The highest BCUT2D eigenvalue weighted by atomic mass is 16.4. The molecule has 0 saturated heterocycles. The topological polar surface area (TPSA) is 127 Å². The number of aliphatic carboxylic acids is 2. The fourth-order valence-corrected chi connectivity index (χ4v) is 1.24. The third-order valence-corrected chi connectivity index (χ3v) is 2.62. The summed E-state index contributed by atoms with van der Waals surface area (Å²) in [4.78, 5) is 20.4. The van der Waals surface area contributed by atoms with Gasteiger partial charge in [0, 0.05) is 0 Å². The van der Waals surface area contributed by atoms with Gasteiger partial charge >= 0.3 is 11.9 Å². The first-order valence-electron chi connectivity index (χ1n) is 6.26. The highest BCUT2D eigenvalue weighted by molar-refractivity contribution is 5.73. The first-order valence-corrected chi connectivity index (χ1v) is 6.26. The van der Waals surface area contributed by atoms with E-state index in [-0.39, 0.29) is 5.92 Å². The molecule has 20 heavy (non-hydrogen) atoms. The van der Waals surface area contributed by atoms with E-state index in [1.54, 1.807) is 13.8 Å². The molecule has 2 atom stereocenters. The van der Waals surface area contributed by atoms with Gasteiger partial charge in [-0.2, -0.15) is 0 Å². The lowest BCUT2D eigenvalue weighted by Crippen LogP contribution is -2.34. The number of rotatable bonds is 5. The van der Waals surface area contributed by atoms with E-state index in [4.69, 9.17) is 21.7 Å². The molecule has 6 nitrogen and oxygen atoms in total. The lowest BCUT2D eigenvalue weighted by Gasteiger charge is -2.07. The van der Waals surface area contributed by atoms with Crippen LogP contribution in [-0.2, 0) is 16.0 Å². The van der Waals surface area contributed by atoms with Gasteiger partial charge in [0.15, 0.2) is 0 Å². The van der Waals surface area contributed by atoms with Crippen molar-refractivity contribution < 1.29 is 19.8 Å². The number of carbonyl (C=O) groups is 2. The molecule has 1 aromatic carbocycles. The van der Waals surface area contributed by atoms with Crippen LogP contribution in [0.4, 0.5) is 0 Å². The summed E-state index contributed by atoms with van der Waals surface area (Å²) in [5.41, 5.74) is 11.5. The lowest BCUT2D eigenvalue weighted by atomic mass is 10.1. The van der Waals surface area contributed by atoms with Crippen molar-refractivity contribution in [3.8, 4) is 0 Å². The summed E-state index contributed by atoms with van der Waals surface area (Å²) in [5.74, 6) is -1.87. The van der Waals surface area contributed by atoms with Crippen LogP contribution >= 0.6 is 0 Å². The Balaban J connectivity index is 0.000000396. The molecule has 0 spiro atoms. The molecule has 0 radical (unpaired) electrons. The van der Waals surface area contributed by atoms with Crippen molar-refractivity contribution >= 4 is 11.9 Å². The summed E-state index contributed by atoms with van der Waals surface area (Å²) in [6.07, 6.45) is 0.385. The van der Waals surface area contributed by atoms with Crippen LogP contribution in [0, 0.1) is 5.92 Å². The Bertz CT molecular complexity index is 420. The number of nitrogens with two attached hydrogens (primary N) is 2. The van der Waals surface area contributed by atoms with Crippen LogP contribution in [0.1, 0.15) is 19.4 Å². The highest BCUT2D eigenvalue weighted by Crippen LogP contribution is 2.01. The number of carboxylic acid groups (broad SMARTS) is 2. The summed E-state index contributed by atoms with van der Waals surface area (Å²) in [7, 11) is 0. The van der Waals surface area contributed by atoms with E-state index in [1.807, 2.05) is 30.3 Å². The van der Waals surface area contributed by atoms with Crippen molar-refractivity contribution in [2.24, 2.45) is 17.4 Å². The molecule has 0 amide bonds. The number of hydrogen-bond donors (Lipinski definition) is 4. The molecule has 0 heterocycles. The third-order valence-electron chi connectivity index (χ3n) is 2.62. The molecule has 6 N–H and O–H groups in total. The summed E-state index contributed by atoms with van der Waals surface area (Å²) in [5, 5.41) is 16.7. The molecule has 0 aliphatic rings. The first-order chi connectivity index (χ1) is 9.25. The van der Waals surface area contributed by atoms with Gasteiger partial charge in [-0.15, -0.1) is 0 Å². The summed E-state index contributed by atoms with van der Waals surface area (Å²) >= 11 is 0. The predicted molar refractivity (Wildman–Crippen MR) is 76.2 cm³/mol. The van der Waals surface area contributed by atoms with Crippen molar-refractivity contribution in [2.75, 3.05) is 0 Å². The van der Waals surface area contributed by atoms with Crippen LogP contribution in [0.15, 0.2) is 30.3 Å². The predicted octanol–water partition coefficient (Wildman–Crippen LogP) is 0.695. The SMILES string of the molecule is CC(C)C(N)C(=O)O.N[C@H](Cc1ccccc1)C(=O)O. The molecule has 0 bridgehead atoms. The monoisotopic (exact) mass is 282 g/mol. The minimum absolute atomic E-state index is 0.0208. The average Bonchev–Trinajstić information content (AvgIpc) is 2.39. The zero-order valence-corrected chi connectivity index (χ0v) is 11.7. The van der Waals surface area contributed by atoms with E-state index in [2.05, 4.69) is 0 Å². The van der Waals surface area contributed by atoms with E-state index in [1.165, 1.54) is 0 Å². The van der Waals surface area contributed by atoms with Gasteiger partial charge in [0.1, 0.15) is 12.1 Å². The maximum absolute atomic E-state index is 10.4. The van der Waals surface area contributed by atoms with Crippen molar-refractivity contribution in [1.82, 2.24) is 0 Å². The molecular weight excluding hydrogens is 260 g/mol. The highest BCUT2D eigenvalue weighted by Gasteiger charge is 2.14. The van der Waals surface area contributed by atoms with Gasteiger partial charge in [0.05, 0.1) is 0 Å². The standard InChI is InChI=1S/C9H11NO2.C5H11NO2/c10-8(9(11)12)6-7-4-2-1-3-5-7;1-3(2)4(6)5(7)8/h1-5,8H,6,10H2,(H,11,12);3-4H,6H2,1-2H3,(H,7,8)/t8-;/m1./s1. The largest absolute Gasteiger partial charge is 0.480 e. The fourth-order valence-electron chi connectivity index (χ4n) is 1.24. The molecule has 0 aliphatic heterocycles. The van der Waals surface area contributed by atoms with Crippen molar-refractivity contribution in [1.29, 1.82) is 0 Å². The van der Waals surface area contributed by atoms with Crippen LogP contribution in [0.5, 0.6) is 0 Å². The second-order valence-electron chi connectivity index (χ2n) is 4.74. The van der Waals surface area contributed by atoms with Gasteiger partial charge in [0.2, 0.25) is 0 Å². The number of benzene rings is 1. The average molecular weight is 282 g/mol. The van der Waals surface area contributed by atoms with Gasteiger partial charge < -0.3 is 21.7 Å².